The number of aryl methyl sites for hydroxylation is 1. The van der Waals surface area contributed by atoms with Crippen molar-refractivity contribution in [2.45, 2.75) is 32.9 Å². The number of nitrogens with zero attached hydrogens (tertiary/aromatic N) is 2. The number of carboxylic acid groups (broad SMARTS) is 1. The van der Waals surface area contributed by atoms with E-state index >= 15 is 0 Å². The molecule has 0 aliphatic carbocycles. The molecule has 1 aromatic heterocycles. The van der Waals surface area contributed by atoms with Crippen LogP contribution in [0, 0.1) is 6.92 Å². The van der Waals surface area contributed by atoms with E-state index in [4.69, 9.17) is 14.6 Å². The van der Waals surface area contributed by atoms with E-state index in [-0.39, 0.29) is 5.56 Å². The summed E-state index contributed by atoms with van der Waals surface area (Å²) in [6, 6.07) is 14.6. The largest absolute Gasteiger partial charge is 0.492 e. The van der Waals surface area contributed by atoms with Crippen LogP contribution in [0.5, 0.6) is 5.75 Å². The lowest BCUT2D eigenvalue weighted by molar-refractivity contribution is -0.149. The second kappa shape index (κ2) is 9.34. The molecule has 0 aliphatic rings. The van der Waals surface area contributed by atoms with Crippen molar-refractivity contribution in [1.29, 1.82) is 0 Å². The first-order valence-corrected chi connectivity index (χ1v) is 9.52. The van der Waals surface area contributed by atoms with Gasteiger partial charge < -0.3 is 14.6 Å². The van der Waals surface area contributed by atoms with E-state index in [1.807, 2.05) is 37.3 Å². The molecule has 0 radical (unpaired) electrons. The lowest BCUT2D eigenvalue weighted by atomic mass is 10.1. The van der Waals surface area contributed by atoms with Gasteiger partial charge in [-0.3, -0.25) is 4.79 Å². The van der Waals surface area contributed by atoms with Gasteiger partial charge in [0.05, 0.1) is 17.6 Å². The standard InChI is InChI=1S/C22H24N2O5/c1-3-28-20(22(26)27)14-16-8-10-17(11-9-16)29-13-12-24-21(25)19-7-5-4-6-18(19)15(2)23-24/h4-11,20H,3,12-14H2,1-2H3,(H,26,27)/t20-/m0/s1. The number of benzene rings is 2. The number of aliphatic carboxylic acids is 1. The van der Waals surface area contributed by atoms with Crippen molar-refractivity contribution in [3.63, 3.8) is 0 Å². The highest BCUT2D eigenvalue weighted by molar-refractivity contribution is 5.83. The van der Waals surface area contributed by atoms with Crippen LogP contribution < -0.4 is 10.3 Å². The molecule has 3 aromatic rings. The molecular weight excluding hydrogens is 372 g/mol. The quantitative estimate of drug-likeness (QED) is 0.598. The summed E-state index contributed by atoms with van der Waals surface area (Å²) in [7, 11) is 0. The maximum atomic E-state index is 12.6. The molecule has 1 atom stereocenters. The van der Waals surface area contributed by atoms with Crippen LogP contribution in [-0.4, -0.2) is 40.2 Å². The monoisotopic (exact) mass is 396 g/mol. The number of aromatic nitrogens is 2. The third kappa shape index (κ3) is 5.00. The van der Waals surface area contributed by atoms with Crippen LogP contribution in [0.1, 0.15) is 18.2 Å². The first-order valence-electron chi connectivity index (χ1n) is 9.52. The first kappa shape index (κ1) is 20.5. The van der Waals surface area contributed by atoms with Crippen LogP contribution in [0.2, 0.25) is 0 Å². The fourth-order valence-electron chi connectivity index (χ4n) is 3.16. The van der Waals surface area contributed by atoms with Gasteiger partial charge in [-0.15, -0.1) is 0 Å². The smallest absolute Gasteiger partial charge is 0.333 e. The van der Waals surface area contributed by atoms with E-state index in [0.717, 1.165) is 16.6 Å². The van der Waals surface area contributed by atoms with Crippen LogP contribution in [0.15, 0.2) is 53.3 Å². The van der Waals surface area contributed by atoms with Gasteiger partial charge in [-0.25, -0.2) is 9.48 Å². The van der Waals surface area contributed by atoms with E-state index in [9.17, 15) is 9.59 Å². The molecule has 0 saturated carbocycles. The zero-order valence-corrected chi connectivity index (χ0v) is 16.5. The molecule has 0 saturated heterocycles. The number of carbonyl (C=O) groups is 1. The third-order valence-electron chi connectivity index (χ3n) is 4.61. The lowest BCUT2D eigenvalue weighted by Crippen LogP contribution is -2.26. The normalized spacial score (nSPS) is 12.1. The van der Waals surface area contributed by atoms with Crippen molar-refractivity contribution >= 4 is 16.7 Å². The Morgan fingerprint density at radius 1 is 1.14 bits per heavy atom. The number of ether oxygens (including phenoxy) is 2. The van der Waals surface area contributed by atoms with Crippen molar-refractivity contribution in [2.75, 3.05) is 13.2 Å². The zero-order valence-electron chi connectivity index (χ0n) is 16.5. The zero-order chi connectivity index (χ0) is 20.8. The highest BCUT2D eigenvalue weighted by atomic mass is 16.5. The van der Waals surface area contributed by atoms with E-state index in [1.165, 1.54) is 4.68 Å². The summed E-state index contributed by atoms with van der Waals surface area (Å²) in [5.41, 5.74) is 1.51. The van der Waals surface area contributed by atoms with Gasteiger partial charge in [0.25, 0.3) is 5.56 Å². The van der Waals surface area contributed by atoms with Gasteiger partial charge in [0.15, 0.2) is 6.10 Å². The maximum Gasteiger partial charge on any atom is 0.333 e. The van der Waals surface area contributed by atoms with E-state index < -0.39 is 12.1 Å². The minimum Gasteiger partial charge on any atom is -0.492 e. The summed E-state index contributed by atoms with van der Waals surface area (Å²) in [5, 5.41) is 15.0. The molecule has 0 amide bonds. The van der Waals surface area contributed by atoms with Gasteiger partial charge in [0, 0.05) is 18.4 Å². The Hall–Kier alpha value is -3.19. The van der Waals surface area contributed by atoms with Crippen LogP contribution in [0.3, 0.4) is 0 Å². The number of rotatable bonds is 9. The van der Waals surface area contributed by atoms with Gasteiger partial charge in [-0.05, 0) is 37.6 Å². The van der Waals surface area contributed by atoms with Crippen LogP contribution in [0.25, 0.3) is 10.8 Å². The highest BCUT2D eigenvalue weighted by Gasteiger charge is 2.17. The summed E-state index contributed by atoms with van der Waals surface area (Å²) in [4.78, 5) is 23.8. The van der Waals surface area contributed by atoms with Crippen LogP contribution in [0.4, 0.5) is 0 Å². The fraction of sp³-hybridized carbons (Fsp3) is 0.318. The Labute approximate surface area is 168 Å². The van der Waals surface area contributed by atoms with Crippen molar-refractivity contribution in [3.8, 4) is 5.75 Å². The van der Waals surface area contributed by atoms with Crippen LogP contribution in [-0.2, 0) is 22.5 Å². The minimum absolute atomic E-state index is 0.138. The molecule has 0 fully saturated rings. The topological polar surface area (TPSA) is 90.7 Å². The van der Waals surface area contributed by atoms with Gasteiger partial charge in [-0.2, -0.15) is 5.10 Å². The summed E-state index contributed by atoms with van der Waals surface area (Å²) in [6.07, 6.45) is -0.570. The summed E-state index contributed by atoms with van der Waals surface area (Å²) in [6.45, 7) is 4.62. The Kier molecular flexibility index (Phi) is 6.61. The van der Waals surface area contributed by atoms with Crippen molar-refractivity contribution in [1.82, 2.24) is 9.78 Å². The van der Waals surface area contributed by atoms with Crippen LogP contribution >= 0.6 is 0 Å². The first-order chi connectivity index (χ1) is 14.0. The molecule has 29 heavy (non-hydrogen) atoms. The lowest BCUT2D eigenvalue weighted by Gasteiger charge is -2.13. The second-order valence-corrected chi connectivity index (χ2v) is 6.64. The third-order valence-corrected chi connectivity index (χ3v) is 4.61. The Morgan fingerprint density at radius 3 is 2.48 bits per heavy atom. The Balaban J connectivity index is 1.61. The average molecular weight is 396 g/mol. The van der Waals surface area contributed by atoms with Gasteiger partial charge in [-0.1, -0.05) is 30.3 Å². The average Bonchev–Trinajstić information content (AvgIpc) is 2.72. The van der Waals surface area contributed by atoms with E-state index in [0.29, 0.717) is 37.3 Å². The number of hydrogen-bond donors (Lipinski definition) is 1. The predicted molar refractivity (Wildman–Crippen MR) is 109 cm³/mol. The molecular formula is C22H24N2O5. The molecule has 2 aromatic carbocycles. The minimum atomic E-state index is -0.976. The maximum absolute atomic E-state index is 12.6. The SMILES string of the molecule is CCO[C@@H](Cc1ccc(OCCn2nc(C)c3ccccc3c2=O)cc1)C(=O)O. The molecule has 152 valence electrons. The molecule has 0 unspecified atom stereocenters. The number of carboxylic acids is 1. The highest BCUT2D eigenvalue weighted by Crippen LogP contribution is 2.15. The van der Waals surface area contributed by atoms with Gasteiger partial charge >= 0.3 is 5.97 Å². The molecule has 1 N–H and O–H groups in total. The summed E-state index contributed by atoms with van der Waals surface area (Å²) >= 11 is 0. The van der Waals surface area contributed by atoms with Crippen molar-refractivity contribution in [2.24, 2.45) is 0 Å². The predicted octanol–water partition coefficient (Wildman–Crippen LogP) is 2.82. The molecule has 0 bridgehead atoms. The molecule has 3 rings (SSSR count). The molecule has 7 heteroatoms. The van der Waals surface area contributed by atoms with Gasteiger partial charge in [0.2, 0.25) is 0 Å². The second-order valence-electron chi connectivity index (χ2n) is 6.64. The Morgan fingerprint density at radius 2 is 1.83 bits per heavy atom. The molecule has 7 nitrogen and oxygen atoms in total. The van der Waals surface area contributed by atoms with Gasteiger partial charge in [0.1, 0.15) is 12.4 Å². The molecule has 0 spiro atoms. The molecule has 1 heterocycles. The summed E-state index contributed by atoms with van der Waals surface area (Å²) < 4.78 is 12.4. The Bertz CT molecular complexity index is 1040. The summed E-state index contributed by atoms with van der Waals surface area (Å²) in [5.74, 6) is -0.335. The number of fused-ring (bicyclic) bond motifs is 1. The fourth-order valence-corrected chi connectivity index (χ4v) is 3.16. The van der Waals surface area contributed by atoms with E-state index in [2.05, 4.69) is 5.10 Å². The van der Waals surface area contributed by atoms with Crippen molar-refractivity contribution in [3.05, 3.63) is 70.1 Å². The molecule has 0 aliphatic heterocycles. The number of hydrogen-bond acceptors (Lipinski definition) is 5. The van der Waals surface area contributed by atoms with Crippen molar-refractivity contribution < 1.29 is 19.4 Å². The van der Waals surface area contributed by atoms with E-state index in [1.54, 1.807) is 25.1 Å².